The van der Waals surface area contributed by atoms with E-state index < -0.39 is 6.16 Å². The summed E-state index contributed by atoms with van der Waals surface area (Å²) < 4.78 is 20.7. The van der Waals surface area contributed by atoms with Crippen LogP contribution in [-0.4, -0.2) is 18.9 Å². The minimum absolute atomic E-state index is 0.0382. The predicted octanol–water partition coefficient (Wildman–Crippen LogP) is 1.11. The van der Waals surface area contributed by atoms with E-state index >= 15 is 0 Å². The van der Waals surface area contributed by atoms with Gasteiger partial charge in [-0.25, -0.2) is 0 Å². The van der Waals surface area contributed by atoms with Crippen LogP contribution < -0.4 is 0 Å². The van der Waals surface area contributed by atoms with Crippen LogP contribution in [0.1, 0.15) is 6.92 Å². The fraction of sp³-hybridized carbons (Fsp3) is 0.500. The van der Waals surface area contributed by atoms with Gasteiger partial charge in [0.05, 0.1) is 12.7 Å². The predicted molar refractivity (Wildman–Crippen MR) is 39.7 cm³/mol. The summed E-state index contributed by atoms with van der Waals surface area (Å²) in [7, 11) is 0. The molecule has 4 nitrogen and oxygen atoms in total. The van der Waals surface area contributed by atoms with Gasteiger partial charge in [0.15, 0.2) is 11.5 Å². The Labute approximate surface area is 70.4 Å². The van der Waals surface area contributed by atoms with Crippen molar-refractivity contribution >= 4 is 0 Å². The minimum Gasteiger partial charge on any atom is -0.403 e. The third-order valence-corrected chi connectivity index (χ3v) is 1.65. The minimum atomic E-state index is -1.40. The van der Waals surface area contributed by atoms with Crippen molar-refractivity contribution in [2.45, 2.75) is 19.2 Å². The lowest BCUT2D eigenvalue weighted by molar-refractivity contribution is -0.415. The molecule has 2 saturated heterocycles. The Kier molecular flexibility index (Phi) is 1.43. The molecule has 0 radical (unpaired) electrons. The first-order valence-electron chi connectivity index (χ1n) is 3.69. The molecule has 0 amide bonds. The molecule has 0 aromatic rings. The van der Waals surface area contributed by atoms with Crippen LogP contribution in [0, 0.1) is 0 Å². The zero-order chi connectivity index (χ0) is 8.77. The molecule has 0 aliphatic carbocycles. The Morgan fingerprint density at radius 1 is 1.33 bits per heavy atom. The fourth-order valence-electron chi connectivity index (χ4n) is 1.08. The van der Waals surface area contributed by atoms with Gasteiger partial charge >= 0.3 is 6.16 Å². The van der Waals surface area contributed by atoms with Gasteiger partial charge in [-0.15, -0.1) is 0 Å². The Bertz CT molecular complexity index is 229. The van der Waals surface area contributed by atoms with Crippen LogP contribution in [0.15, 0.2) is 24.7 Å². The van der Waals surface area contributed by atoms with Crippen molar-refractivity contribution in [2.24, 2.45) is 0 Å². The lowest BCUT2D eigenvalue weighted by atomic mass is 10.5. The summed E-state index contributed by atoms with van der Waals surface area (Å²) in [5.74, 6) is 0.702. The quantitative estimate of drug-likeness (QED) is 0.545. The van der Waals surface area contributed by atoms with Crippen LogP contribution in [0.25, 0.3) is 0 Å². The molecule has 0 aromatic heterocycles. The zero-order valence-corrected chi connectivity index (χ0v) is 6.83. The summed E-state index contributed by atoms with van der Waals surface area (Å²) in [5.41, 5.74) is 0. The summed E-state index contributed by atoms with van der Waals surface area (Å²) in [4.78, 5) is 0. The average Bonchev–Trinajstić information content (AvgIpc) is 2.42. The monoisotopic (exact) mass is 170 g/mol. The van der Waals surface area contributed by atoms with Crippen molar-refractivity contribution in [1.29, 1.82) is 0 Å². The van der Waals surface area contributed by atoms with Gasteiger partial charge in [-0.1, -0.05) is 13.2 Å². The molecule has 0 bridgehead atoms. The van der Waals surface area contributed by atoms with E-state index in [2.05, 4.69) is 13.2 Å². The Morgan fingerprint density at radius 2 is 1.92 bits per heavy atom. The largest absolute Gasteiger partial charge is 0.510 e. The zero-order valence-electron chi connectivity index (χ0n) is 6.83. The van der Waals surface area contributed by atoms with E-state index in [0.717, 1.165) is 0 Å². The first-order chi connectivity index (χ1) is 5.61. The molecule has 66 valence electrons. The summed E-state index contributed by atoms with van der Waals surface area (Å²) >= 11 is 0. The molecule has 1 unspecified atom stereocenters. The molecule has 2 heterocycles. The van der Waals surface area contributed by atoms with Crippen LogP contribution in [0.3, 0.4) is 0 Å². The molecule has 4 heteroatoms. The molecule has 2 aliphatic heterocycles. The Hall–Kier alpha value is -1.00. The van der Waals surface area contributed by atoms with E-state index in [-0.39, 0.29) is 6.10 Å². The lowest BCUT2D eigenvalue weighted by Gasteiger charge is -2.17. The van der Waals surface area contributed by atoms with Crippen molar-refractivity contribution < 1.29 is 18.9 Å². The smallest absolute Gasteiger partial charge is 0.403 e. The normalized spacial score (nSPS) is 32.2. The van der Waals surface area contributed by atoms with E-state index in [0.29, 0.717) is 18.1 Å². The van der Waals surface area contributed by atoms with E-state index in [1.165, 1.54) is 0 Å². The third-order valence-electron chi connectivity index (χ3n) is 1.65. The molecule has 0 saturated carbocycles. The van der Waals surface area contributed by atoms with Gasteiger partial charge in [0.2, 0.25) is 0 Å². The highest BCUT2D eigenvalue weighted by molar-refractivity contribution is 5.16. The van der Waals surface area contributed by atoms with E-state index in [1.54, 1.807) is 0 Å². The van der Waals surface area contributed by atoms with Crippen LogP contribution >= 0.6 is 0 Å². The van der Waals surface area contributed by atoms with Crippen molar-refractivity contribution in [3.05, 3.63) is 24.7 Å². The molecule has 2 fully saturated rings. The second-order valence-corrected chi connectivity index (χ2v) is 2.79. The highest BCUT2D eigenvalue weighted by atomic mass is 17.1. The molecular weight excluding hydrogens is 160 g/mol. The molecule has 2 rings (SSSR count). The molecule has 0 N–H and O–H groups in total. The van der Waals surface area contributed by atoms with Gasteiger partial charge in [-0.3, -0.25) is 9.47 Å². The van der Waals surface area contributed by atoms with Gasteiger partial charge in [0.1, 0.15) is 0 Å². The number of rotatable bonds is 0. The van der Waals surface area contributed by atoms with Crippen LogP contribution in [0.2, 0.25) is 0 Å². The summed E-state index contributed by atoms with van der Waals surface area (Å²) in [6, 6.07) is 0. The standard InChI is InChI=1S/C8H10O4/c1-5-4-9-8(10-5)11-6(2)7(3)12-8/h5H,2-4H2,1H3. The van der Waals surface area contributed by atoms with Gasteiger partial charge in [-0.2, -0.15) is 0 Å². The highest BCUT2D eigenvalue weighted by Gasteiger charge is 2.51. The molecule has 1 spiro atoms. The topological polar surface area (TPSA) is 36.9 Å². The van der Waals surface area contributed by atoms with Crippen molar-refractivity contribution in [3.63, 3.8) is 0 Å². The molecule has 0 aromatic carbocycles. The number of ether oxygens (including phenoxy) is 4. The summed E-state index contributed by atoms with van der Waals surface area (Å²) in [5, 5.41) is 0. The number of hydrogen-bond donors (Lipinski definition) is 0. The first-order valence-corrected chi connectivity index (χ1v) is 3.69. The second kappa shape index (κ2) is 2.24. The van der Waals surface area contributed by atoms with E-state index in [9.17, 15) is 0 Å². The van der Waals surface area contributed by atoms with Crippen molar-refractivity contribution in [2.75, 3.05) is 6.61 Å². The van der Waals surface area contributed by atoms with E-state index in [4.69, 9.17) is 18.9 Å². The first kappa shape index (κ1) is 7.64. The Balaban J connectivity index is 2.15. The van der Waals surface area contributed by atoms with Crippen LogP contribution in [-0.2, 0) is 18.9 Å². The highest BCUT2D eigenvalue weighted by Crippen LogP contribution is 2.38. The van der Waals surface area contributed by atoms with Gasteiger partial charge in [-0.05, 0) is 6.92 Å². The van der Waals surface area contributed by atoms with Gasteiger partial charge < -0.3 is 9.47 Å². The summed E-state index contributed by atoms with van der Waals surface area (Å²) in [6.45, 7) is 9.46. The van der Waals surface area contributed by atoms with Crippen molar-refractivity contribution in [1.82, 2.24) is 0 Å². The molecule has 12 heavy (non-hydrogen) atoms. The third kappa shape index (κ3) is 1.00. The fourth-order valence-corrected chi connectivity index (χ4v) is 1.08. The molecule has 2 aliphatic rings. The maximum Gasteiger partial charge on any atom is 0.510 e. The van der Waals surface area contributed by atoms with Crippen LogP contribution in [0.4, 0.5) is 0 Å². The van der Waals surface area contributed by atoms with Crippen molar-refractivity contribution in [3.8, 4) is 0 Å². The second-order valence-electron chi connectivity index (χ2n) is 2.79. The molecule has 1 atom stereocenters. The van der Waals surface area contributed by atoms with Gasteiger partial charge in [0, 0.05) is 0 Å². The van der Waals surface area contributed by atoms with Crippen LogP contribution in [0.5, 0.6) is 0 Å². The number of hydrogen-bond acceptors (Lipinski definition) is 4. The van der Waals surface area contributed by atoms with E-state index in [1.807, 2.05) is 6.92 Å². The average molecular weight is 170 g/mol. The van der Waals surface area contributed by atoms with Gasteiger partial charge in [0.25, 0.3) is 0 Å². The Morgan fingerprint density at radius 3 is 2.33 bits per heavy atom. The SMILES string of the molecule is C=C1OC2(OCC(C)O2)OC1=C. The molecular formula is C8H10O4. The lowest BCUT2D eigenvalue weighted by Crippen LogP contribution is -2.30. The maximum atomic E-state index is 5.26. The summed E-state index contributed by atoms with van der Waals surface area (Å²) in [6.07, 6.45) is -1.43. The maximum absolute atomic E-state index is 5.26.